The Balaban J connectivity index is 1.45. The summed E-state index contributed by atoms with van der Waals surface area (Å²) in [6.45, 7) is 6.33. The highest BCUT2D eigenvalue weighted by molar-refractivity contribution is 6.07. The fraction of sp³-hybridized carbons (Fsp3) is 0.250. The summed E-state index contributed by atoms with van der Waals surface area (Å²) < 4.78 is 49.4. The third kappa shape index (κ3) is 5.83. The number of alkyl halides is 3. The maximum Gasteiger partial charge on any atom is 0.433 e. The molecule has 0 saturated heterocycles. The zero-order chi connectivity index (χ0) is 29.3. The van der Waals surface area contributed by atoms with Crippen LogP contribution < -0.4 is 10.6 Å². The van der Waals surface area contributed by atoms with Gasteiger partial charge >= 0.3 is 6.18 Å². The molecule has 4 aromatic heterocycles. The van der Waals surface area contributed by atoms with Crippen LogP contribution in [-0.2, 0) is 19.3 Å². The van der Waals surface area contributed by atoms with Crippen LogP contribution in [0, 0.1) is 0 Å². The van der Waals surface area contributed by atoms with Crippen LogP contribution in [0.15, 0.2) is 65.4 Å². The van der Waals surface area contributed by atoms with Crippen LogP contribution in [0.4, 0.5) is 18.9 Å². The van der Waals surface area contributed by atoms with Crippen LogP contribution in [0.5, 0.6) is 0 Å². The number of nitrogens with zero attached hydrogens (tertiary/aromatic N) is 5. The summed E-state index contributed by atoms with van der Waals surface area (Å²) in [7, 11) is 0. The summed E-state index contributed by atoms with van der Waals surface area (Å²) in [6.07, 6.45) is -1.85. The highest BCUT2D eigenvalue weighted by atomic mass is 19.4. The van der Waals surface area contributed by atoms with E-state index in [4.69, 9.17) is 4.42 Å². The third-order valence-electron chi connectivity index (χ3n) is 6.38. The van der Waals surface area contributed by atoms with Gasteiger partial charge in [0.2, 0.25) is 0 Å². The van der Waals surface area contributed by atoms with Gasteiger partial charge in [0, 0.05) is 24.4 Å². The molecule has 0 atom stereocenters. The lowest BCUT2D eigenvalue weighted by atomic mass is 10.0. The van der Waals surface area contributed by atoms with E-state index in [2.05, 4.69) is 25.8 Å². The molecule has 41 heavy (non-hydrogen) atoms. The SMILES string of the molecule is CCn1cc(NC(=O)c2cc3nc(-c4ccc(C(C)C)cc4)cc(C(F)(F)F)n3n2)c(C(=O)NCc2ccco2)n1. The number of hydrogen-bond acceptors (Lipinski definition) is 6. The second-order valence-corrected chi connectivity index (χ2v) is 9.56. The summed E-state index contributed by atoms with van der Waals surface area (Å²) >= 11 is 0. The Morgan fingerprint density at radius 1 is 1.05 bits per heavy atom. The smallest absolute Gasteiger partial charge is 0.433 e. The number of carbonyl (C=O) groups excluding carboxylic acids is 2. The number of hydrogen-bond donors (Lipinski definition) is 2. The van der Waals surface area contributed by atoms with Crippen LogP contribution in [0.25, 0.3) is 16.9 Å². The van der Waals surface area contributed by atoms with Gasteiger partial charge in [0.1, 0.15) is 5.76 Å². The third-order valence-corrected chi connectivity index (χ3v) is 6.38. The van der Waals surface area contributed by atoms with Gasteiger partial charge in [-0.2, -0.15) is 23.4 Å². The van der Waals surface area contributed by atoms with Crippen molar-refractivity contribution in [2.45, 2.75) is 46.0 Å². The Labute approximate surface area is 232 Å². The van der Waals surface area contributed by atoms with Crippen molar-refractivity contribution in [2.75, 3.05) is 5.32 Å². The van der Waals surface area contributed by atoms with E-state index in [0.717, 1.165) is 17.7 Å². The van der Waals surface area contributed by atoms with Crippen LogP contribution >= 0.6 is 0 Å². The monoisotopic (exact) mass is 565 g/mol. The molecule has 0 saturated carbocycles. The van der Waals surface area contributed by atoms with Crippen LogP contribution in [0.1, 0.15) is 64.7 Å². The summed E-state index contributed by atoms with van der Waals surface area (Å²) in [4.78, 5) is 30.3. The Kier molecular flexibility index (Phi) is 7.35. The lowest BCUT2D eigenvalue weighted by Crippen LogP contribution is -2.25. The first kappa shape index (κ1) is 27.6. The number of halogens is 3. The van der Waals surface area contributed by atoms with E-state index in [1.54, 1.807) is 31.2 Å². The number of carbonyl (C=O) groups is 2. The molecule has 212 valence electrons. The van der Waals surface area contributed by atoms with E-state index in [1.807, 2.05) is 26.0 Å². The van der Waals surface area contributed by atoms with Crippen molar-refractivity contribution in [2.24, 2.45) is 0 Å². The molecule has 5 rings (SSSR count). The van der Waals surface area contributed by atoms with Crippen LogP contribution in [0.3, 0.4) is 0 Å². The summed E-state index contributed by atoms with van der Waals surface area (Å²) in [5.41, 5.74) is 0.0574. The van der Waals surface area contributed by atoms with E-state index in [0.29, 0.717) is 22.4 Å². The van der Waals surface area contributed by atoms with Gasteiger partial charge in [0.05, 0.1) is 24.2 Å². The van der Waals surface area contributed by atoms with Gasteiger partial charge in [0.15, 0.2) is 22.7 Å². The number of anilines is 1. The van der Waals surface area contributed by atoms with Gasteiger partial charge in [-0.1, -0.05) is 38.1 Å². The second kappa shape index (κ2) is 10.9. The molecule has 0 aliphatic rings. The zero-order valence-electron chi connectivity index (χ0n) is 22.4. The highest BCUT2D eigenvalue weighted by Gasteiger charge is 2.36. The molecule has 0 radical (unpaired) electrons. The molecule has 0 aliphatic carbocycles. The van der Waals surface area contributed by atoms with E-state index in [9.17, 15) is 22.8 Å². The number of amides is 2. The molecule has 0 aliphatic heterocycles. The fourth-order valence-corrected chi connectivity index (χ4v) is 4.17. The van der Waals surface area contributed by atoms with Gasteiger partial charge in [-0.3, -0.25) is 14.3 Å². The van der Waals surface area contributed by atoms with Crippen molar-refractivity contribution in [1.29, 1.82) is 0 Å². The Morgan fingerprint density at radius 2 is 1.80 bits per heavy atom. The standard InChI is InChI=1S/C28H26F3N7O3/c1-4-37-15-22(25(36-37)27(40)32-14-19-6-5-11-41-19)34-26(39)21-13-24-33-20(12-23(28(29,30)31)38(24)35-21)18-9-7-17(8-10-18)16(2)3/h5-13,15-16H,4,14H2,1-3H3,(H,32,40)(H,34,39). The molecule has 2 amide bonds. The number of aromatic nitrogens is 5. The molecular formula is C28H26F3N7O3. The second-order valence-electron chi connectivity index (χ2n) is 9.56. The molecule has 13 heteroatoms. The molecule has 0 spiro atoms. The number of fused-ring (bicyclic) bond motifs is 1. The minimum Gasteiger partial charge on any atom is -0.467 e. The van der Waals surface area contributed by atoms with Crippen molar-refractivity contribution < 1.29 is 27.2 Å². The normalized spacial score (nSPS) is 11.8. The number of furan rings is 1. The largest absolute Gasteiger partial charge is 0.467 e. The first-order chi connectivity index (χ1) is 19.5. The van der Waals surface area contributed by atoms with E-state index in [1.165, 1.54) is 17.1 Å². The van der Waals surface area contributed by atoms with Gasteiger partial charge in [-0.05, 0) is 36.6 Å². The lowest BCUT2D eigenvalue weighted by molar-refractivity contribution is -0.142. The summed E-state index contributed by atoms with van der Waals surface area (Å²) in [5, 5.41) is 13.3. The summed E-state index contributed by atoms with van der Waals surface area (Å²) in [6, 6.07) is 12.5. The van der Waals surface area contributed by atoms with Crippen molar-refractivity contribution in [3.8, 4) is 11.3 Å². The average Bonchev–Trinajstić information content (AvgIpc) is 3.70. The van der Waals surface area contributed by atoms with E-state index < -0.39 is 23.7 Å². The van der Waals surface area contributed by atoms with Gasteiger partial charge in [-0.15, -0.1) is 0 Å². The molecular weight excluding hydrogens is 539 g/mol. The molecule has 1 aromatic carbocycles. The van der Waals surface area contributed by atoms with Crippen LogP contribution in [0.2, 0.25) is 0 Å². The molecule has 0 bridgehead atoms. The number of nitrogens with one attached hydrogen (secondary N) is 2. The molecule has 5 aromatic rings. The summed E-state index contributed by atoms with van der Waals surface area (Å²) in [5.74, 6) is -0.629. The molecule has 4 heterocycles. The topological polar surface area (TPSA) is 119 Å². The molecule has 10 nitrogen and oxygen atoms in total. The molecule has 0 unspecified atom stereocenters. The first-order valence-electron chi connectivity index (χ1n) is 12.8. The number of benzene rings is 1. The predicted octanol–water partition coefficient (Wildman–Crippen LogP) is 5.53. The lowest BCUT2D eigenvalue weighted by Gasteiger charge is -2.12. The molecule has 2 N–H and O–H groups in total. The van der Waals surface area contributed by atoms with Crippen molar-refractivity contribution >= 4 is 23.1 Å². The maximum absolute atomic E-state index is 14.0. The Morgan fingerprint density at radius 3 is 2.44 bits per heavy atom. The highest BCUT2D eigenvalue weighted by Crippen LogP contribution is 2.33. The van der Waals surface area contributed by atoms with Gasteiger partial charge in [-0.25, -0.2) is 9.50 Å². The fourth-order valence-electron chi connectivity index (χ4n) is 4.17. The van der Waals surface area contributed by atoms with Gasteiger partial charge < -0.3 is 15.1 Å². The zero-order valence-corrected chi connectivity index (χ0v) is 22.4. The average molecular weight is 566 g/mol. The van der Waals surface area contributed by atoms with Crippen molar-refractivity contribution in [3.63, 3.8) is 0 Å². The maximum atomic E-state index is 14.0. The van der Waals surface area contributed by atoms with Crippen LogP contribution in [-0.4, -0.2) is 36.2 Å². The van der Waals surface area contributed by atoms with Gasteiger partial charge in [0.25, 0.3) is 11.8 Å². The van der Waals surface area contributed by atoms with Crippen molar-refractivity contribution in [1.82, 2.24) is 29.7 Å². The quantitative estimate of drug-likeness (QED) is 0.255. The molecule has 0 fully saturated rings. The van der Waals surface area contributed by atoms with E-state index in [-0.39, 0.29) is 40.9 Å². The number of aryl methyl sites for hydroxylation is 1. The van der Waals surface area contributed by atoms with E-state index >= 15 is 0 Å². The Hall–Kier alpha value is -4.94. The number of rotatable bonds is 8. The first-order valence-corrected chi connectivity index (χ1v) is 12.8. The Bertz CT molecular complexity index is 1700. The minimum atomic E-state index is -4.77. The minimum absolute atomic E-state index is 0.0702. The predicted molar refractivity (Wildman–Crippen MR) is 143 cm³/mol. The van der Waals surface area contributed by atoms with Crippen molar-refractivity contribution in [3.05, 3.63) is 89.4 Å².